The summed E-state index contributed by atoms with van der Waals surface area (Å²) in [6.45, 7) is -0.511. The minimum atomic E-state index is -1.11. The second-order valence-corrected chi connectivity index (χ2v) is 2.74. The van der Waals surface area contributed by atoms with Crippen LogP contribution in [0.25, 0.3) is 0 Å². The number of ether oxygens (including phenoxy) is 1. The van der Waals surface area contributed by atoms with Crippen LogP contribution < -0.4 is 10.2 Å². The molecule has 0 aromatic carbocycles. The zero-order chi connectivity index (χ0) is 11.3. The van der Waals surface area contributed by atoms with Gasteiger partial charge in [0, 0.05) is 0 Å². The Hall–Kier alpha value is -1.60. The van der Waals surface area contributed by atoms with Gasteiger partial charge in [-0.15, -0.1) is 0 Å². The molecule has 7 nitrogen and oxygen atoms in total. The number of hydrogen-bond acceptors (Lipinski definition) is 6. The molecule has 1 heterocycles. The second-order valence-electron chi connectivity index (χ2n) is 2.34. The number of hydrogen-bond donors (Lipinski definition) is 2. The normalized spacial score (nSPS) is 9.73. The van der Waals surface area contributed by atoms with E-state index in [0.717, 1.165) is 0 Å². The third kappa shape index (κ3) is 3.56. The molecule has 0 fully saturated rings. The van der Waals surface area contributed by atoms with Crippen molar-refractivity contribution >= 4 is 23.4 Å². The number of carboxylic acids is 1. The van der Waals surface area contributed by atoms with Gasteiger partial charge in [0.1, 0.15) is 5.02 Å². The first-order valence-electron chi connectivity index (χ1n) is 3.79. The molecule has 0 aliphatic heterocycles. The third-order valence-corrected chi connectivity index (χ3v) is 1.55. The zero-order valence-corrected chi connectivity index (χ0v) is 8.48. The summed E-state index contributed by atoms with van der Waals surface area (Å²) in [5.41, 5.74) is 2.28. The second kappa shape index (κ2) is 5.32. The molecular formula is C7H8ClN3O4. The van der Waals surface area contributed by atoms with E-state index >= 15 is 0 Å². The Morgan fingerprint density at radius 2 is 2.47 bits per heavy atom. The third-order valence-electron chi connectivity index (χ3n) is 1.27. The van der Waals surface area contributed by atoms with Gasteiger partial charge in [0.15, 0.2) is 12.4 Å². The van der Waals surface area contributed by atoms with Crippen molar-refractivity contribution in [2.24, 2.45) is 0 Å². The lowest BCUT2D eigenvalue weighted by molar-refractivity contribution is -0.141. The summed E-state index contributed by atoms with van der Waals surface area (Å²) in [5.74, 6) is -0.968. The molecule has 0 saturated carbocycles. The number of nitrogens with zero attached hydrogens (tertiary/aromatic N) is 2. The van der Waals surface area contributed by atoms with Crippen LogP contribution in [0, 0.1) is 0 Å². The number of methoxy groups -OCH3 is 1. The summed E-state index contributed by atoms with van der Waals surface area (Å²) in [5, 5.41) is 8.50. The fourth-order valence-electron chi connectivity index (χ4n) is 0.687. The molecule has 1 aromatic rings. The molecular weight excluding hydrogens is 226 g/mol. The maximum atomic E-state index is 10.1. The molecule has 2 N–H and O–H groups in total. The minimum absolute atomic E-state index is 0.0980. The molecule has 0 aliphatic rings. The molecule has 1 rings (SSSR count). The van der Waals surface area contributed by atoms with Crippen molar-refractivity contribution in [3.63, 3.8) is 0 Å². The Balaban J connectivity index is 2.62. The van der Waals surface area contributed by atoms with Crippen LogP contribution in [-0.4, -0.2) is 34.8 Å². The Labute approximate surface area is 90.0 Å². The van der Waals surface area contributed by atoms with Gasteiger partial charge in [-0.05, 0) is 0 Å². The number of aromatic nitrogens is 2. The summed E-state index contributed by atoms with van der Waals surface area (Å²) in [7, 11) is 1.39. The number of rotatable bonds is 5. The van der Waals surface area contributed by atoms with E-state index in [9.17, 15) is 4.79 Å². The van der Waals surface area contributed by atoms with E-state index in [2.05, 4.69) is 20.3 Å². The van der Waals surface area contributed by atoms with E-state index in [1.165, 1.54) is 13.3 Å². The van der Waals surface area contributed by atoms with Crippen LogP contribution in [0.3, 0.4) is 0 Å². The average molecular weight is 234 g/mol. The maximum absolute atomic E-state index is 10.1. The van der Waals surface area contributed by atoms with E-state index in [0.29, 0.717) is 0 Å². The first kappa shape index (κ1) is 11.5. The number of aliphatic carboxylic acids is 1. The van der Waals surface area contributed by atoms with Gasteiger partial charge in [-0.1, -0.05) is 11.6 Å². The van der Waals surface area contributed by atoms with Crippen molar-refractivity contribution in [1.29, 1.82) is 0 Å². The number of nitrogens with one attached hydrogen (secondary N) is 1. The highest BCUT2D eigenvalue weighted by Crippen LogP contribution is 2.19. The van der Waals surface area contributed by atoms with Crippen LogP contribution in [0.2, 0.25) is 5.02 Å². The van der Waals surface area contributed by atoms with Gasteiger partial charge >= 0.3 is 12.0 Å². The van der Waals surface area contributed by atoms with Gasteiger partial charge in [-0.2, -0.15) is 4.98 Å². The van der Waals surface area contributed by atoms with E-state index < -0.39 is 12.6 Å². The smallest absolute Gasteiger partial charge is 0.332 e. The van der Waals surface area contributed by atoms with E-state index in [-0.39, 0.29) is 16.9 Å². The Kier molecular flexibility index (Phi) is 4.07. The molecule has 82 valence electrons. The zero-order valence-electron chi connectivity index (χ0n) is 7.73. The van der Waals surface area contributed by atoms with Crippen molar-refractivity contribution in [3.05, 3.63) is 11.2 Å². The highest BCUT2D eigenvalue weighted by Gasteiger charge is 2.06. The number of halogens is 1. The number of carbonyl (C=O) groups is 1. The van der Waals surface area contributed by atoms with Gasteiger partial charge in [0.2, 0.25) is 0 Å². The standard InChI is InChI=1S/C7H8ClN3O4/c1-14-7-9-2-4(8)6(10-7)11-15-3-5(12)13/h2H,3H2,1H3,(H,12,13)(H,9,10,11). The highest BCUT2D eigenvalue weighted by molar-refractivity contribution is 6.32. The number of carboxylic acid groups (broad SMARTS) is 1. The highest BCUT2D eigenvalue weighted by atomic mass is 35.5. The van der Waals surface area contributed by atoms with Crippen molar-refractivity contribution in [3.8, 4) is 6.01 Å². The maximum Gasteiger partial charge on any atom is 0.332 e. The van der Waals surface area contributed by atoms with Gasteiger partial charge in [-0.3, -0.25) is 4.84 Å². The summed E-state index contributed by atoms with van der Waals surface area (Å²) in [4.78, 5) is 22.2. The summed E-state index contributed by atoms with van der Waals surface area (Å²) >= 11 is 5.70. The van der Waals surface area contributed by atoms with Gasteiger partial charge in [-0.25, -0.2) is 15.3 Å². The molecule has 0 radical (unpaired) electrons. The molecule has 1 aromatic heterocycles. The van der Waals surface area contributed by atoms with Crippen LogP contribution in [0.1, 0.15) is 0 Å². The summed E-state index contributed by atoms with van der Waals surface area (Å²) < 4.78 is 4.74. The van der Waals surface area contributed by atoms with Crippen molar-refractivity contribution < 1.29 is 19.5 Å². The minimum Gasteiger partial charge on any atom is -0.479 e. The molecule has 15 heavy (non-hydrogen) atoms. The van der Waals surface area contributed by atoms with Crippen LogP contribution in [0.4, 0.5) is 5.82 Å². The predicted octanol–water partition coefficient (Wildman–Crippen LogP) is 0.567. The lowest BCUT2D eigenvalue weighted by Gasteiger charge is -2.06. The quantitative estimate of drug-likeness (QED) is 0.718. The van der Waals surface area contributed by atoms with Crippen molar-refractivity contribution in [2.45, 2.75) is 0 Å². The molecule has 0 spiro atoms. The summed E-state index contributed by atoms with van der Waals surface area (Å²) in [6, 6.07) is 0.0980. The predicted molar refractivity (Wildman–Crippen MR) is 50.8 cm³/mol. The van der Waals surface area contributed by atoms with Crippen molar-refractivity contribution in [2.75, 3.05) is 19.2 Å². The van der Waals surface area contributed by atoms with Crippen molar-refractivity contribution in [1.82, 2.24) is 9.97 Å². The van der Waals surface area contributed by atoms with Crippen LogP contribution >= 0.6 is 11.6 Å². The van der Waals surface area contributed by atoms with Gasteiger partial charge in [0.05, 0.1) is 13.3 Å². The first-order valence-corrected chi connectivity index (χ1v) is 4.17. The van der Waals surface area contributed by atoms with E-state index in [1.54, 1.807) is 0 Å². The first-order chi connectivity index (χ1) is 7.13. The SMILES string of the molecule is COc1ncc(Cl)c(NOCC(=O)O)n1. The topological polar surface area (TPSA) is 93.6 Å². The van der Waals surface area contributed by atoms with Crippen LogP contribution in [-0.2, 0) is 9.63 Å². The monoisotopic (exact) mass is 233 g/mol. The van der Waals surface area contributed by atoms with Gasteiger partial charge < -0.3 is 9.84 Å². The lowest BCUT2D eigenvalue weighted by atomic mass is 10.6. The fraction of sp³-hybridized carbons (Fsp3) is 0.286. The lowest BCUT2D eigenvalue weighted by Crippen LogP contribution is -2.12. The largest absolute Gasteiger partial charge is 0.479 e. The van der Waals surface area contributed by atoms with E-state index in [4.69, 9.17) is 21.4 Å². The number of anilines is 1. The molecule has 0 atom stereocenters. The van der Waals surface area contributed by atoms with Crippen LogP contribution in [0.5, 0.6) is 6.01 Å². The fourth-order valence-corrected chi connectivity index (χ4v) is 0.817. The molecule has 0 bridgehead atoms. The van der Waals surface area contributed by atoms with Crippen LogP contribution in [0.15, 0.2) is 6.20 Å². The summed E-state index contributed by atoms with van der Waals surface area (Å²) in [6.07, 6.45) is 1.31. The molecule has 0 unspecified atom stereocenters. The molecule has 8 heteroatoms. The van der Waals surface area contributed by atoms with E-state index in [1.807, 2.05) is 0 Å². The van der Waals surface area contributed by atoms with Gasteiger partial charge in [0.25, 0.3) is 0 Å². The molecule has 0 amide bonds. The Morgan fingerprint density at radius 3 is 3.07 bits per heavy atom. The average Bonchev–Trinajstić information content (AvgIpc) is 2.20. The molecule has 0 saturated heterocycles. The molecule has 0 aliphatic carbocycles. The Bertz CT molecular complexity index is 360. The Morgan fingerprint density at radius 1 is 1.73 bits per heavy atom.